The van der Waals surface area contributed by atoms with Crippen LogP contribution in [0.2, 0.25) is 5.02 Å². The van der Waals surface area contributed by atoms with Crippen LogP contribution in [0.25, 0.3) is 0 Å². The number of halogens is 1. The van der Waals surface area contributed by atoms with Crippen molar-refractivity contribution in [1.82, 2.24) is 4.90 Å². The number of aliphatic hydroxyl groups is 1. The molecule has 0 aromatic heterocycles. The molecule has 0 unspecified atom stereocenters. The molecule has 0 radical (unpaired) electrons. The highest BCUT2D eigenvalue weighted by molar-refractivity contribution is 6.31. The zero-order valence-electron chi connectivity index (χ0n) is 12.1. The summed E-state index contributed by atoms with van der Waals surface area (Å²) in [7, 11) is 1.55. The predicted molar refractivity (Wildman–Crippen MR) is 82.9 cm³/mol. The summed E-state index contributed by atoms with van der Waals surface area (Å²) in [6.45, 7) is 2.38. The lowest BCUT2D eigenvalue weighted by atomic mass is 10.1. The molecule has 0 bridgehead atoms. The molecule has 1 fully saturated rings. The Labute approximate surface area is 129 Å². The van der Waals surface area contributed by atoms with Crippen LogP contribution in [0.1, 0.15) is 19.3 Å². The number of likely N-dealkylation sites (tertiary alicyclic amines) is 1. The van der Waals surface area contributed by atoms with Crippen LogP contribution < -0.4 is 10.1 Å². The van der Waals surface area contributed by atoms with Crippen LogP contribution in [0.15, 0.2) is 18.2 Å². The molecule has 0 spiro atoms. The topological polar surface area (TPSA) is 61.8 Å². The standard InChI is InChI=1S/C15H21ClN2O3/c1-21-14-3-2-11(16)10-13(14)17-15(20)6-9-18-7-4-12(19)5-8-18/h2-3,10,12,19H,4-9H2,1H3,(H,17,20). The fourth-order valence-corrected chi connectivity index (χ4v) is 2.57. The molecule has 116 valence electrons. The summed E-state index contributed by atoms with van der Waals surface area (Å²) in [4.78, 5) is 14.2. The summed E-state index contributed by atoms with van der Waals surface area (Å²) in [6.07, 6.45) is 1.78. The molecule has 5 nitrogen and oxygen atoms in total. The van der Waals surface area contributed by atoms with Gasteiger partial charge in [0.05, 0.1) is 18.9 Å². The van der Waals surface area contributed by atoms with E-state index in [4.69, 9.17) is 16.3 Å². The van der Waals surface area contributed by atoms with Gasteiger partial charge in [0.15, 0.2) is 0 Å². The number of ether oxygens (including phenoxy) is 1. The highest BCUT2D eigenvalue weighted by atomic mass is 35.5. The molecule has 0 aliphatic carbocycles. The number of hydrogen-bond acceptors (Lipinski definition) is 4. The van der Waals surface area contributed by atoms with E-state index in [2.05, 4.69) is 10.2 Å². The second kappa shape index (κ2) is 7.64. The molecular weight excluding hydrogens is 292 g/mol. The number of hydrogen-bond donors (Lipinski definition) is 2. The van der Waals surface area contributed by atoms with Gasteiger partial charge in [0.1, 0.15) is 5.75 Å². The molecule has 0 atom stereocenters. The minimum atomic E-state index is -0.189. The maximum absolute atomic E-state index is 12.0. The number of nitrogens with one attached hydrogen (secondary N) is 1. The lowest BCUT2D eigenvalue weighted by molar-refractivity contribution is -0.116. The average molecular weight is 313 g/mol. The Morgan fingerprint density at radius 1 is 1.48 bits per heavy atom. The Kier molecular flexibility index (Phi) is 5.85. The zero-order valence-corrected chi connectivity index (χ0v) is 12.9. The molecule has 2 N–H and O–H groups in total. The highest BCUT2D eigenvalue weighted by Crippen LogP contribution is 2.27. The van der Waals surface area contributed by atoms with Gasteiger partial charge in [-0.2, -0.15) is 0 Å². The van der Waals surface area contributed by atoms with E-state index in [1.54, 1.807) is 25.3 Å². The monoisotopic (exact) mass is 312 g/mol. The summed E-state index contributed by atoms with van der Waals surface area (Å²) in [5, 5.41) is 12.8. The van der Waals surface area contributed by atoms with Crippen molar-refractivity contribution >= 4 is 23.2 Å². The van der Waals surface area contributed by atoms with Gasteiger partial charge in [-0.3, -0.25) is 4.79 Å². The van der Waals surface area contributed by atoms with Gasteiger partial charge in [0.2, 0.25) is 5.91 Å². The van der Waals surface area contributed by atoms with E-state index in [1.807, 2.05) is 0 Å². The number of anilines is 1. The summed E-state index contributed by atoms with van der Waals surface area (Å²) in [5.74, 6) is 0.524. The number of piperidine rings is 1. The van der Waals surface area contributed by atoms with Gasteiger partial charge in [-0.05, 0) is 31.0 Å². The Morgan fingerprint density at radius 3 is 2.86 bits per heavy atom. The minimum absolute atomic E-state index is 0.0679. The molecule has 1 aromatic rings. The average Bonchev–Trinajstić information content (AvgIpc) is 2.47. The number of benzene rings is 1. The number of rotatable bonds is 5. The van der Waals surface area contributed by atoms with Gasteiger partial charge >= 0.3 is 0 Å². The van der Waals surface area contributed by atoms with Crippen molar-refractivity contribution in [1.29, 1.82) is 0 Å². The first kappa shape index (κ1) is 16.1. The maximum Gasteiger partial charge on any atom is 0.225 e. The third-order valence-electron chi connectivity index (χ3n) is 3.65. The van der Waals surface area contributed by atoms with Gasteiger partial charge in [-0.1, -0.05) is 11.6 Å². The number of nitrogens with zero attached hydrogens (tertiary/aromatic N) is 1. The second-order valence-electron chi connectivity index (χ2n) is 5.22. The minimum Gasteiger partial charge on any atom is -0.495 e. The van der Waals surface area contributed by atoms with Crippen molar-refractivity contribution in [3.05, 3.63) is 23.2 Å². The number of methoxy groups -OCH3 is 1. The van der Waals surface area contributed by atoms with Crippen molar-refractivity contribution in [2.75, 3.05) is 32.1 Å². The van der Waals surface area contributed by atoms with Gasteiger partial charge in [0, 0.05) is 31.1 Å². The van der Waals surface area contributed by atoms with Crippen molar-refractivity contribution in [3.63, 3.8) is 0 Å². The molecule has 1 aliphatic rings. The molecule has 21 heavy (non-hydrogen) atoms. The van der Waals surface area contributed by atoms with Crippen LogP contribution in [-0.2, 0) is 4.79 Å². The van der Waals surface area contributed by atoms with E-state index in [0.717, 1.165) is 25.9 Å². The van der Waals surface area contributed by atoms with Crippen molar-refractivity contribution in [2.45, 2.75) is 25.4 Å². The van der Waals surface area contributed by atoms with E-state index < -0.39 is 0 Å². The summed E-state index contributed by atoms with van der Waals surface area (Å²) in [6, 6.07) is 5.12. The molecule has 1 amide bonds. The summed E-state index contributed by atoms with van der Waals surface area (Å²) < 4.78 is 5.20. The molecule has 2 rings (SSSR count). The molecule has 6 heteroatoms. The lowest BCUT2D eigenvalue weighted by Crippen LogP contribution is -2.37. The number of carbonyl (C=O) groups is 1. The second-order valence-corrected chi connectivity index (χ2v) is 5.65. The molecule has 1 saturated heterocycles. The van der Waals surface area contributed by atoms with Gasteiger partial charge < -0.3 is 20.1 Å². The third kappa shape index (κ3) is 4.88. The van der Waals surface area contributed by atoms with Crippen molar-refractivity contribution < 1.29 is 14.6 Å². The van der Waals surface area contributed by atoms with Gasteiger partial charge in [-0.15, -0.1) is 0 Å². The van der Waals surface area contributed by atoms with Crippen LogP contribution >= 0.6 is 11.6 Å². The Morgan fingerprint density at radius 2 is 2.19 bits per heavy atom. The van der Waals surface area contributed by atoms with Crippen LogP contribution in [0, 0.1) is 0 Å². The van der Waals surface area contributed by atoms with Crippen LogP contribution in [-0.4, -0.2) is 48.8 Å². The normalized spacial score (nSPS) is 16.7. The van der Waals surface area contributed by atoms with Crippen molar-refractivity contribution in [2.24, 2.45) is 0 Å². The Hall–Kier alpha value is -1.30. The lowest BCUT2D eigenvalue weighted by Gasteiger charge is -2.29. The SMILES string of the molecule is COc1ccc(Cl)cc1NC(=O)CCN1CCC(O)CC1. The maximum atomic E-state index is 12.0. The van der Waals surface area contributed by atoms with E-state index in [1.165, 1.54) is 0 Å². The third-order valence-corrected chi connectivity index (χ3v) is 3.88. The fraction of sp³-hybridized carbons (Fsp3) is 0.533. The Balaban J connectivity index is 1.83. The quantitative estimate of drug-likeness (QED) is 0.874. The molecule has 1 aromatic carbocycles. The van der Waals surface area contributed by atoms with Crippen LogP contribution in [0.4, 0.5) is 5.69 Å². The van der Waals surface area contributed by atoms with E-state index in [0.29, 0.717) is 29.4 Å². The molecular formula is C15H21ClN2O3. The van der Waals surface area contributed by atoms with E-state index in [9.17, 15) is 9.90 Å². The van der Waals surface area contributed by atoms with Gasteiger partial charge in [-0.25, -0.2) is 0 Å². The van der Waals surface area contributed by atoms with Gasteiger partial charge in [0.25, 0.3) is 0 Å². The fourth-order valence-electron chi connectivity index (χ4n) is 2.39. The zero-order chi connectivity index (χ0) is 15.2. The van der Waals surface area contributed by atoms with E-state index >= 15 is 0 Å². The van der Waals surface area contributed by atoms with Crippen LogP contribution in [0.3, 0.4) is 0 Å². The van der Waals surface area contributed by atoms with Crippen molar-refractivity contribution in [3.8, 4) is 5.75 Å². The molecule has 1 aliphatic heterocycles. The summed E-state index contributed by atoms with van der Waals surface area (Å²) in [5.41, 5.74) is 0.587. The number of amides is 1. The Bertz CT molecular complexity index is 488. The number of aliphatic hydroxyl groups excluding tert-OH is 1. The summed E-state index contributed by atoms with van der Waals surface area (Å²) >= 11 is 5.93. The largest absolute Gasteiger partial charge is 0.495 e. The first-order valence-electron chi connectivity index (χ1n) is 7.12. The first-order valence-corrected chi connectivity index (χ1v) is 7.50. The molecule has 1 heterocycles. The first-order chi connectivity index (χ1) is 10.1. The van der Waals surface area contributed by atoms with Crippen LogP contribution in [0.5, 0.6) is 5.75 Å². The smallest absolute Gasteiger partial charge is 0.225 e. The van der Waals surface area contributed by atoms with E-state index in [-0.39, 0.29) is 12.0 Å². The predicted octanol–water partition coefficient (Wildman–Crippen LogP) is 2.13. The number of carbonyl (C=O) groups excluding carboxylic acids is 1. The highest BCUT2D eigenvalue weighted by Gasteiger charge is 2.17. The molecule has 0 saturated carbocycles.